The van der Waals surface area contributed by atoms with E-state index in [0.29, 0.717) is 11.3 Å². The lowest BCUT2D eigenvalue weighted by molar-refractivity contribution is 0.0732. The van der Waals surface area contributed by atoms with Crippen LogP contribution in [0.1, 0.15) is 10.4 Å². The van der Waals surface area contributed by atoms with Crippen LogP contribution in [0.5, 0.6) is 5.75 Å². The molecule has 0 bridgehead atoms. The topological polar surface area (TPSA) is 26.3 Å². The van der Waals surface area contributed by atoms with Gasteiger partial charge in [0.05, 0.1) is 16.5 Å². The second-order valence-corrected chi connectivity index (χ2v) is 14.7. The van der Waals surface area contributed by atoms with Gasteiger partial charge >= 0.3 is 5.97 Å². The summed E-state index contributed by atoms with van der Waals surface area (Å²) in [5.74, 6) is 0.215. The Labute approximate surface area is 264 Å². The molecule has 8 heteroatoms. The Morgan fingerprint density at radius 1 is 0.576 bits per heavy atom. The molecule has 2 nitrogen and oxygen atoms in total. The van der Waals surface area contributed by atoms with E-state index in [-0.39, 0.29) is 16.9 Å². The molecule has 0 spiro atoms. The maximum absolute atomic E-state index is 12.9. The lowest BCUT2D eigenvalue weighted by Crippen LogP contribution is -2.13. The molecule has 0 radical (unpaired) electrons. The molecular formula is C25H14I5O2S+. The molecule has 166 valence electrons. The van der Waals surface area contributed by atoms with Crippen molar-refractivity contribution in [1.29, 1.82) is 0 Å². The van der Waals surface area contributed by atoms with E-state index in [4.69, 9.17) is 4.74 Å². The van der Waals surface area contributed by atoms with Gasteiger partial charge < -0.3 is 4.74 Å². The quantitative estimate of drug-likeness (QED) is 0.0657. The monoisotopic (exact) mass is 1010 g/mol. The summed E-state index contributed by atoms with van der Waals surface area (Å²) in [6.07, 6.45) is 0. The summed E-state index contributed by atoms with van der Waals surface area (Å²) in [5.41, 5.74) is 0.615. The number of carbonyl (C=O) groups excluding carboxylic acids is 1. The highest BCUT2D eigenvalue weighted by Gasteiger charge is 2.29. The zero-order valence-electron chi connectivity index (χ0n) is 16.7. The van der Waals surface area contributed by atoms with Crippen LogP contribution in [0.15, 0.2) is 99.6 Å². The van der Waals surface area contributed by atoms with Crippen molar-refractivity contribution in [3.8, 4) is 5.75 Å². The summed E-state index contributed by atoms with van der Waals surface area (Å²) in [6, 6.07) is 29.2. The van der Waals surface area contributed by atoms with Gasteiger partial charge in [-0.1, -0.05) is 0 Å². The smallest absolute Gasteiger partial charge is 0.345 e. The van der Waals surface area contributed by atoms with Gasteiger partial charge in [0.15, 0.2) is 14.7 Å². The molecule has 0 saturated heterocycles. The van der Waals surface area contributed by atoms with E-state index >= 15 is 0 Å². The predicted octanol–water partition coefficient (Wildman–Crippen LogP) is 9.02. The summed E-state index contributed by atoms with van der Waals surface area (Å²) in [4.78, 5) is 16.6. The molecule has 0 fully saturated rings. The first-order valence-electron chi connectivity index (χ1n) is 9.54. The second-order valence-electron chi connectivity index (χ2n) is 6.79. The fourth-order valence-corrected chi connectivity index (χ4v) is 8.15. The molecule has 0 aliphatic carbocycles. The van der Waals surface area contributed by atoms with Crippen molar-refractivity contribution in [3.63, 3.8) is 0 Å². The minimum Gasteiger partial charge on any atom is -0.423 e. The molecule has 0 aromatic heterocycles. The molecule has 0 aliphatic heterocycles. The molecular weight excluding hydrogens is 999 g/mol. The van der Waals surface area contributed by atoms with Crippen molar-refractivity contribution < 1.29 is 9.53 Å². The van der Waals surface area contributed by atoms with Crippen LogP contribution in [0.2, 0.25) is 0 Å². The van der Waals surface area contributed by atoms with E-state index in [2.05, 4.69) is 174 Å². The van der Waals surface area contributed by atoms with Gasteiger partial charge in [-0.15, -0.1) is 0 Å². The number of ether oxygens (including phenoxy) is 1. The molecule has 0 atom stereocenters. The van der Waals surface area contributed by atoms with Crippen LogP contribution in [-0.2, 0) is 10.9 Å². The molecule has 33 heavy (non-hydrogen) atoms. The Morgan fingerprint density at radius 3 is 1.48 bits per heavy atom. The highest BCUT2D eigenvalue weighted by atomic mass is 127. The van der Waals surface area contributed by atoms with Crippen LogP contribution >= 0.6 is 113 Å². The van der Waals surface area contributed by atoms with Crippen LogP contribution in [-0.4, -0.2) is 5.97 Å². The lowest BCUT2D eigenvalue weighted by Gasteiger charge is -2.11. The Bertz CT molecular complexity index is 1240. The number of halogens is 5. The van der Waals surface area contributed by atoms with E-state index in [1.54, 1.807) is 0 Å². The first-order valence-corrected chi connectivity index (χ1v) is 16.2. The zero-order chi connectivity index (χ0) is 23.5. The predicted molar refractivity (Wildman–Crippen MR) is 176 cm³/mol. The number of hydrogen-bond donors (Lipinski definition) is 0. The summed E-state index contributed by atoms with van der Waals surface area (Å²) in [7, 11) is -0.249. The molecule has 0 heterocycles. The summed E-state index contributed by atoms with van der Waals surface area (Å²) in [6.45, 7) is 0. The fourth-order valence-electron chi connectivity index (χ4n) is 3.07. The van der Waals surface area contributed by atoms with Gasteiger partial charge in [0.1, 0.15) is 5.75 Å². The number of rotatable bonds is 5. The maximum Gasteiger partial charge on any atom is 0.345 e. The third kappa shape index (κ3) is 6.57. The minimum atomic E-state index is -0.329. The van der Waals surface area contributed by atoms with Crippen molar-refractivity contribution in [2.45, 2.75) is 14.7 Å². The Morgan fingerprint density at radius 2 is 1.00 bits per heavy atom. The average Bonchev–Trinajstić information content (AvgIpc) is 2.80. The molecule has 4 aromatic carbocycles. The molecule has 0 amide bonds. The van der Waals surface area contributed by atoms with E-state index in [0.717, 1.165) is 10.7 Å². The SMILES string of the molecule is O=C(Oc1ccc([S+](c2ccc(I)cc2)c2ccc(I)cc2)cc1)c1c(I)ccc(I)c1I. The first kappa shape index (κ1) is 26.4. The van der Waals surface area contributed by atoms with Crippen molar-refractivity contribution in [3.05, 3.63) is 108 Å². The summed E-state index contributed by atoms with van der Waals surface area (Å²) >= 11 is 11.3. The standard InChI is InChI=1S/C25H14I5O2S/c26-15-1-7-18(8-2-15)33(19-9-3-16(27)4-10-19)20-11-5-17(6-12-20)32-25(31)23-21(28)13-14-22(29)24(23)30/h1-14H/q+1. The molecule has 0 aliphatic rings. The van der Waals surface area contributed by atoms with Gasteiger partial charge in [-0.25, -0.2) is 4.79 Å². The lowest BCUT2D eigenvalue weighted by atomic mass is 10.2. The van der Waals surface area contributed by atoms with Crippen molar-refractivity contribution in [2.24, 2.45) is 0 Å². The number of carbonyl (C=O) groups is 1. The van der Waals surface area contributed by atoms with Gasteiger partial charge in [-0.2, -0.15) is 0 Å². The van der Waals surface area contributed by atoms with Gasteiger partial charge in [0.25, 0.3) is 0 Å². The van der Waals surface area contributed by atoms with E-state index < -0.39 is 0 Å². The average molecular weight is 1010 g/mol. The van der Waals surface area contributed by atoms with Crippen molar-refractivity contribution in [2.75, 3.05) is 0 Å². The molecule has 4 aromatic rings. The Hall–Kier alpha value is 0.350. The third-order valence-electron chi connectivity index (χ3n) is 4.62. The second kappa shape index (κ2) is 12.1. The van der Waals surface area contributed by atoms with Crippen LogP contribution in [0.3, 0.4) is 0 Å². The fraction of sp³-hybridized carbons (Fsp3) is 0. The van der Waals surface area contributed by atoms with Gasteiger partial charge in [0.2, 0.25) is 0 Å². The van der Waals surface area contributed by atoms with E-state index in [1.165, 1.54) is 21.8 Å². The molecule has 4 rings (SSSR count). The maximum atomic E-state index is 12.9. The Kier molecular flexibility index (Phi) is 9.65. The third-order valence-corrected chi connectivity index (χ3v) is 12.2. The summed E-state index contributed by atoms with van der Waals surface area (Å²) in [5, 5.41) is 0. The van der Waals surface area contributed by atoms with Crippen LogP contribution in [0.4, 0.5) is 0 Å². The zero-order valence-corrected chi connectivity index (χ0v) is 28.3. The van der Waals surface area contributed by atoms with Crippen LogP contribution in [0.25, 0.3) is 0 Å². The van der Waals surface area contributed by atoms with Gasteiger partial charge in [-0.3, -0.25) is 0 Å². The minimum absolute atomic E-state index is 0.249. The largest absolute Gasteiger partial charge is 0.423 e. The Balaban J connectivity index is 1.64. The van der Waals surface area contributed by atoms with Crippen molar-refractivity contribution in [1.82, 2.24) is 0 Å². The normalized spacial score (nSPS) is 11.0. The number of hydrogen-bond acceptors (Lipinski definition) is 2. The summed E-state index contributed by atoms with van der Waals surface area (Å²) < 4.78 is 11.0. The highest BCUT2D eigenvalue weighted by Crippen LogP contribution is 2.33. The first-order chi connectivity index (χ1) is 15.8. The molecule has 0 saturated carbocycles. The van der Waals surface area contributed by atoms with Crippen LogP contribution < -0.4 is 4.74 Å². The number of benzene rings is 4. The van der Waals surface area contributed by atoms with E-state index in [1.807, 2.05) is 24.3 Å². The number of esters is 1. The van der Waals surface area contributed by atoms with E-state index in [9.17, 15) is 4.79 Å². The molecule has 0 N–H and O–H groups in total. The van der Waals surface area contributed by atoms with Gasteiger partial charge in [0, 0.05) is 17.9 Å². The van der Waals surface area contributed by atoms with Crippen molar-refractivity contribution >= 4 is 130 Å². The van der Waals surface area contributed by atoms with Gasteiger partial charge in [-0.05, 0) is 198 Å². The highest BCUT2D eigenvalue weighted by molar-refractivity contribution is 14.1. The van der Waals surface area contributed by atoms with Crippen LogP contribution in [0, 0.1) is 17.9 Å². The molecule has 0 unspecified atom stereocenters.